The van der Waals surface area contributed by atoms with Gasteiger partial charge in [0, 0.05) is 37.4 Å². The van der Waals surface area contributed by atoms with Gasteiger partial charge in [-0.2, -0.15) is 0 Å². The van der Waals surface area contributed by atoms with Crippen LogP contribution in [-0.2, 0) is 0 Å². The molecule has 1 heterocycles. The van der Waals surface area contributed by atoms with Gasteiger partial charge in [-0.1, -0.05) is 6.58 Å². The van der Waals surface area contributed by atoms with Crippen molar-refractivity contribution in [2.75, 3.05) is 26.2 Å². The predicted molar refractivity (Wildman–Crippen MR) is 57.7 cm³/mol. The van der Waals surface area contributed by atoms with Crippen LogP contribution in [0.1, 0.15) is 27.7 Å². The van der Waals surface area contributed by atoms with Gasteiger partial charge < -0.3 is 4.90 Å². The zero-order chi connectivity index (χ0) is 10.1. The van der Waals surface area contributed by atoms with Gasteiger partial charge in [-0.3, -0.25) is 4.90 Å². The smallest absolute Gasteiger partial charge is 0.0303 e. The summed E-state index contributed by atoms with van der Waals surface area (Å²) in [5, 5.41) is 0. The zero-order valence-corrected chi connectivity index (χ0v) is 9.43. The molecule has 0 saturated carbocycles. The Morgan fingerprint density at radius 1 is 1.08 bits per heavy atom. The number of hydrogen-bond donors (Lipinski definition) is 0. The maximum absolute atomic E-state index is 3.97. The van der Waals surface area contributed by atoms with Gasteiger partial charge >= 0.3 is 0 Å². The summed E-state index contributed by atoms with van der Waals surface area (Å²) in [6.45, 7) is 17.5. The van der Waals surface area contributed by atoms with E-state index in [9.17, 15) is 0 Å². The quantitative estimate of drug-likeness (QED) is 0.611. The van der Waals surface area contributed by atoms with Gasteiger partial charge in [0.25, 0.3) is 0 Å². The lowest BCUT2D eigenvalue weighted by molar-refractivity contribution is 0.0766. The van der Waals surface area contributed by atoms with Gasteiger partial charge in [0.05, 0.1) is 0 Å². The van der Waals surface area contributed by atoms with Crippen LogP contribution in [0.25, 0.3) is 0 Å². The third-order valence-corrected chi connectivity index (χ3v) is 2.77. The minimum Gasteiger partial charge on any atom is -0.373 e. The largest absolute Gasteiger partial charge is 0.373 e. The van der Waals surface area contributed by atoms with Crippen LogP contribution >= 0.6 is 0 Å². The highest BCUT2D eigenvalue weighted by Crippen LogP contribution is 2.16. The van der Waals surface area contributed by atoms with Gasteiger partial charge in [0.2, 0.25) is 0 Å². The molecule has 0 unspecified atom stereocenters. The molecule has 1 aliphatic heterocycles. The number of allylic oxidation sites excluding steroid dienone is 1. The molecule has 1 fully saturated rings. The number of piperazine rings is 1. The van der Waals surface area contributed by atoms with E-state index in [1.165, 1.54) is 5.70 Å². The molecule has 76 valence electrons. The topological polar surface area (TPSA) is 6.48 Å². The molecule has 0 amide bonds. The third kappa shape index (κ3) is 2.73. The summed E-state index contributed by atoms with van der Waals surface area (Å²) in [6.07, 6.45) is 0. The van der Waals surface area contributed by atoms with Crippen LogP contribution < -0.4 is 0 Å². The van der Waals surface area contributed by atoms with E-state index in [0.717, 1.165) is 26.2 Å². The van der Waals surface area contributed by atoms with Crippen molar-refractivity contribution in [1.29, 1.82) is 0 Å². The van der Waals surface area contributed by atoms with Crippen molar-refractivity contribution in [3.63, 3.8) is 0 Å². The minimum atomic E-state index is 0.321. The second-order valence-electron chi connectivity index (χ2n) is 4.88. The standard InChI is InChI=1S/C11H22N2/c1-10(2)12-6-8-13(9-7-12)11(3,4)5/h1,6-9H2,2-5H3. The Morgan fingerprint density at radius 2 is 1.54 bits per heavy atom. The van der Waals surface area contributed by atoms with Gasteiger partial charge in [0.1, 0.15) is 0 Å². The number of hydrogen-bond acceptors (Lipinski definition) is 2. The van der Waals surface area contributed by atoms with Crippen LogP contribution in [0.2, 0.25) is 0 Å². The first kappa shape index (κ1) is 10.6. The van der Waals surface area contributed by atoms with E-state index in [0.29, 0.717) is 5.54 Å². The lowest BCUT2D eigenvalue weighted by Crippen LogP contribution is -2.52. The van der Waals surface area contributed by atoms with Gasteiger partial charge in [-0.25, -0.2) is 0 Å². The van der Waals surface area contributed by atoms with Crippen molar-refractivity contribution in [2.24, 2.45) is 0 Å². The summed E-state index contributed by atoms with van der Waals surface area (Å²) in [4.78, 5) is 4.90. The van der Waals surface area contributed by atoms with Gasteiger partial charge in [0.15, 0.2) is 0 Å². The lowest BCUT2D eigenvalue weighted by Gasteiger charge is -2.43. The van der Waals surface area contributed by atoms with Crippen molar-refractivity contribution >= 4 is 0 Å². The Kier molecular flexibility index (Phi) is 3.01. The van der Waals surface area contributed by atoms with E-state index in [1.54, 1.807) is 0 Å². The first-order chi connectivity index (χ1) is 5.91. The first-order valence-electron chi connectivity index (χ1n) is 5.07. The molecule has 0 aromatic heterocycles. The van der Waals surface area contributed by atoms with Crippen LogP contribution in [0, 0.1) is 0 Å². The fraction of sp³-hybridized carbons (Fsp3) is 0.818. The fourth-order valence-electron chi connectivity index (χ4n) is 1.76. The molecular formula is C11H22N2. The highest BCUT2D eigenvalue weighted by Gasteiger charge is 2.25. The van der Waals surface area contributed by atoms with E-state index in [4.69, 9.17) is 0 Å². The Balaban J connectivity index is 2.44. The van der Waals surface area contributed by atoms with Crippen LogP contribution in [-0.4, -0.2) is 41.5 Å². The minimum absolute atomic E-state index is 0.321. The normalized spacial score (nSPS) is 20.5. The van der Waals surface area contributed by atoms with Crippen LogP contribution in [0.4, 0.5) is 0 Å². The highest BCUT2D eigenvalue weighted by molar-refractivity contribution is 4.93. The maximum atomic E-state index is 3.97. The summed E-state index contributed by atoms with van der Waals surface area (Å²) in [5.74, 6) is 0. The molecule has 0 radical (unpaired) electrons. The Morgan fingerprint density at radius 3 is 1.85 bits per heavy atom. The summed E-state index contributed by atoms with van der Waals surface area (Å²) in [5.41, 5.74) is 1.52. The molecule has 13 heavy (non-hydrogen) atoms. The number of rotatable bonds is 1. The summed E-state index contributed by atoms with van der Waals surface area (Å²) in [6, 6.07) is 0. The van der Waals surface area contributed by atoms with E-state index in [1.807, 2.05) is 0 Å². The van der Waals surface area contributed by atoms with Crippen molar-refractivity contribution in [2.45, 2.75) is 33.2 Å². The highest BCUT2D eigenvalue weighted by atomic mass is 15.3. The van der Waals surface area contributed by atoms with Gasteiger partial charge in [-0.15, -0.1) is 0 Å². The molecule has 0 aromatic rings. The Hall–Kier alpha value is -0.500. The monoisotopic (exact) mass is 182 g/mol. The van der Waals surface area contributed by atoms with Gasteiger partial charge in [-0.05, 0) is 27.7 Å². The van der Waals surface area contributed by atoms with Crippen molar-refractivity contribution in [3.05, 3.63) is 12.3 Å². The summed E-state index contributed by atoms with van der Waals surface area (Å²) >= 11 is 0. The molecule has 0 bridgehead atoms. The Bertz CT molecular complexity index is 183. The van der Waals surface area contributed by atoms with Crippen molar-refractivity contribution in [3.8, 4) is 0 Å². The second kappa shape index (κ2) is 3.70. The molecule has 1 aliphatic rings. The van der Waals surface area contributed by atoms with Crippen LogP contribution in [0.5, 0.6) is 0 Å². The molecule has 0 spiro atoms. The summed E-state index contributed by atoms with van der Waals surface area (Å²) < 4.78 is 0. The first-order valence-corrected chi connectivity index (χ1v) is 5.07. The molecule has 1 saturated heterocycles. The second-order valence-corrected chi connectivity index (χ2v) is 4.88. The lowest BCUT2D eigenvalue weighted by atomic mass is 10.0. The van der Waals surface area contributed by atoms with E-state index in [-0.39, 0.29) is 0 Å². The molecule has 0 N–H and O–H groups in total. The molecule has 0 aromatic carbocycles. The van der Waals surface area contributed by atoms with E-state index in [2.05, 4.69) is 44.1 Å². The van der Waals surface area contributed by atoms with Crippen molar-refractivity contribution < 1.29 is 0 Å². The number of nitrogens with zero attached hydrogens (tertiary/aromatic N) is 2. The SMILES string of the molecule is C=C(C)N1CCN(C(C)(C)C)CC1. The van der Waals surface area contributed by atoms with Crippen molar-refractivity contribution in [1.82, 2.24) is 9.80 Å². The molecule has 0 atom stereocenters. The van der Waals surface area contributed by atoms with E-state index >= 15 is 0 Å². The molecular weight excluding hydrogens is 160 g/mol. The molecule has 1 rings (SSSR count). The fourth-order valence-corrected chi connectivity index (χ4v) is 1.76. The maximum Gasteiger partial charge on any atom is 0.0303 e. The molecule has 0 aliphatic carbocycles. The van der Waals surface area contributed by atoms with Crippen LogP contribution in [0.15, 0.2) is 12.3 Å². The predicted octanol–water partition coefficient (Wildman–Crippen LogP) is 1.94. The van der Waals surface area contributed by atoms with E-state index < -0.39 is 0 Å². The Labute approximate surface area is 82.2 Å². The molecule has 2 heteroatoms. The van der Waals surface area contributed by atoms with Crippen LogP contribution in [0.3, 0.4) is 0 Å². The third-order valence-electron chi connectivity index (χ3n) is 2.77. The average Bonchev–Trinajstić information content (AvgIpc) is 2.03. The molecule has 2 nitrogen and oxygen atoms in total. The summed E-state index contributed by atoms with van der Waals surface area (Å²) in [7, 11) is 0. The zero-order valence-electron chi connectivity index (χ0n) is 9.43. The average molecular weight is 182 g/mol.